The fourth-order valence-electron chi connectivity index (χ4n) is 4.83. The molecular formula is C19H26ClN3O2. The average Bonchev–Trinajstić information content (AvgIpc) is 2.96. The van der Waals surface area contributed by atoms with Gasteiger partial charge in [0.1, 0.15) is 5.75 Å². The number of methoxy groups -OCH3 is 1. The molecule has 0 saturated carbocycles. The number of fused-ring (bicyclic) bond motifs is 2. The summed E-state index contributed by atoms with van der Waals surface area (Å²) < 4.78 is 5.44. The van der Waals surface area contributed by atoms with Gasteiger partial charge in [0.15, 0.2) is 0 Å². The maximum Gasteiger partial charge on any atom is 0.324 e. The normalized spacial score (nSPS) is 30.0. The Balaban J connectivity index is 1.53. The lowest BCUT2D eigenvalue weighted by atomic mass is 9.82. The maximum atomic E-state index is 13.1. The van der Waals surface area contributed by atoms with E-state index in [1.54, 1.807) is 13.2 Å². The summed E-state index contributed by atoms with van der Waals surface area (Å²) in [7, 11) is 3.88. The third-order valence-electron chi connectivity index (χ3n) is 6.23. The van der Waals surface area contributed by atoms with Crippen molar-refractivity contribution in [3.05, 3.63) is 23.2 Å². The molecule has 3 aliphatic heterocycles. The van der Waals surface area contributed by atoms with E-state index in [4.69, 9.17) is 16.3 Å². The molecule has 1 aromatic carbocycles. The fraction of sp³-hybridized carbons (Fsp3) is 0.632. The molecule has 3 atom stereocenters. The number of halogens is 1. The standard InChI is InChI=1S/C19H26ClN3O2/c1-21-14-4-3-5-15(21)12-16(11-14)22-8-9-23(19(22)24)17-10-13(20)6-7-18(17)25-2/h6-7,10,14-16H,3-5,8-9,11-12H2,1-2H3/t14-,15+,16?. The SMILES string of the molecule is COc1ccc(Cl)cc1N1CCN(C2C[C@H]3CCC[C@@H](C2)N3C)C1=O. The number of nitrogens with zero attached hydrogens (tertiary/aromatic N) is 3. The number of rotatable bonds is 3. The molecule has 6 heteroatoms. The Labute approximate surface area is 154 Å². The molecule has 0 spiro atoms. The van der Waals surface area contributed by atoms with Crippen LogP contribution < -0.4 is 9.64 Å². The second kappa shape index (κ2) is 6.69. The number of piperidine rings is 2. The van der Waals surface area contributed by atoms with Crippen LogP contribution in [0.1, 0.15) is 32.1 Å². The molecule has 1 aromatic rings. The lowest BCUT2D eigenvalue weighted by molar-refractivity contribution is 0.0250. The number of amides is 2. The highest BCUT2D eigenvalue weighted by Crippen LogP contribution is 2.38. The molecule has 5 nitrogen and oxygen atoms in total. The summed E-state index contributed by atoms with van der Waals surface area (Å²) in [4.78, 5) is 19.6. The monoisotopic (exact) mass is 363 g/mol. The number of hydrogen-bond acceptors (Lipinski definition) is 3. The number of carbonyl (C=O) groups is 1. The van der Waals surface area contributed by atoms with Crippen LogP contribution in [0.2, 0.25) is 5.02 Å². The summed E-state index contributed by atoms with van der Waals surface area (Å²) in [5.41, 5.74) is 0.774. The van der Waals surface area contributed by atoms with Gasteiger partial charge in [0.05, 0.1) is 12.8 Å². The quantitative estimate of drug-likeness (QED) is 0.823. The molecule has 136 valence electrons. The van der Waals surface area contributed by atoms with Gasteiger partial charge < -0.3 is 14.5 Å². The van der Waals surface area contributed by atoms with Gasteiger partial charge in [0.25, 0.3) is 0 Å². The van der Waals surface area contributed by atoms with Crippen molar-refractivity contribution in [3.8, 4) is 5.75 Å². The number of anilines is 1. The highest BCUT2D eigenvalue weighted by molar-refractivity contribution is 6.31. The summed E-state index contributed by atoms with van der Waals surface area (Å²) >= 11 is 6.15. The molecule has 3 aliphatic rings. The van der Waals surface area contributed by atoms with Crippen molar-refractivity contribution in [1.82, 2.24) is 9.80 Å². The predicted octanol–water partition coefficient (Wildman–Crippen LogP) is 3.61. The van der Waals surface area contributed by atoms with Gasteiger partial charge in [-0.05, 0) is 50.9 Å². The minimum atomic E-state index is 0.0909. The second-order valence-corrected chi connectivity index (χ2v) is 7.91. The molecule has 3 saturated heterocycles. The predicted molar refractivity (Wildman–Crippen MR) is 99.7 cm³/mol. The van der Waals surface area contributed by atoms with Gasteiger partial charge in [-0.3, -0.25) is 4.90 Å². The third kappa shape index (κ3) is 2.97. The van der Waals surface area contributed by atoms with E-state index in [1.807, 2.05) is 17.0 Å². The Morgan fingerprint density at radius 2 is 1.84 bits per heavy atom. The van der Waals surface area contributed by atoms with E-state index in [-0.39, 0.29) is 6.03 Å². The van der Waals surface area contributed by atoms with Gasteiger partial charge in [-0.25, -0.2) is 4.79 Å². The second-order valence-electron chi connectivity index (χ2n) is 7.47. The summed E-state index contributed by atoms with van der Waals surface area (Å²) in [6, 6.07) is 7.14. The Kier molecular flexibility index (Phi) is 4.54. The number of hydrogen-bond donors (Lipinski definition) is 0. The molecule has 1 unspecified atom stereocenters. The molecule has 25 heavy (non-hydrogen) atoms. The minimum absolute atomic E-state index is 0.0909. The maximum absolute atomic E-state index is 13.1. The van der Waals surface area contributed by atoms with Crippen LogP contribution in [0.5, 0.6) is 5.75 Å². The fourth-order valence-corrected chi connectivity index (χ4v) is 5.00. The zero-order chi connectivity index (χ0) is 17.6. The Morgan fingerprint density at radius 3 is 2.52 bits per heavy atom. The van der Waals surface area contributed by atoms with Crippen molar-refractivity contribution in [2.45, 2.75) is 50.2 Å². The molecule has 2 bridgehead atoms. The lowest BCUT2D eigenvalue weighted by Gasteiger charge is -2.49. The molecule has 0 aliphatic carbocycles. The molecule has 3 heterocycles. The van der Waals surface area contributed by atoms with Crippen LogP contribution >= 0.6 is 11.6 Å². The number of benzene rings is 1. The van der Waals surface area contributed by atoms with Crippen LogP contribution in [0.15, 0.2) is 18.2 Å². The first kappa shape index (κ1) is 17.0. The Hall–Kier alpha value is -1.46. The van der Waals surface area contributed by atoms with Crippen LogP contribution in [0.25, 0.3) is 0 Å². The highest BCUT2D eigenvalue weighted by Gasteiger charge is 2.42. The smallest absolute Gasteiger partial charge is 0.324 e. The summed E-state index contributed by atoms with van der Waals surface area (Å²) in [6.07, 6.45) is 6.04. The minimum Gasteiger partial charge on any atom is -0.495 e. The first-order valence-corrected chi connectivity index (χ1v) is 9.60. The first-order chi connectivity index (χ1) is 12.1. The van der Waals surface area contributed by atoms with Crippen LogP contribution in [0.3, 0.4) is 0 Å². The molecule has 0 radical (unpaired) electrons. The molecule has 0 aromatic heterocycles. The summed E-state index contributed by atoms with van der Waals surface area (Å²) in [5.74, 6) is 0.694. The van der Waals surface area contributed by atoms with Crippen molar-refractivity contribution in [1.29, 1.82) is 0 Å². The van der Waals surface area contributed by atoms with Crippen molar-refractivity contribution in [3.63, 3.8) is 0 Å². The first-order valence-electron chi connectivity index (χ1n) is 9.22. The van der Waals surface area contributed by atoms with Crippen LogP contribution in [0.4, 0.5) is 10.5 Å². The topological polar surface area (TPSA) is 36.0 Å². The number of carbonyl (C=O) groups excluding carboxylic acids is 1. The molecule has 2 amide bonds. The van der Waals surface area contributed by atoms with Crippen molar-refractivity contribution in [2.24, 2.45) is 0 Å². The molecule has 0 N–H and O–H groups in total. The van der Waals surface area contributed by atoms with E-state index in [1.165, 1.54) is 19.3 Å². The van der Waals surface area contributed by atoms with Gasteiger partial charge in [-0.2, -0.15) is 0 Å². The third-order valence-corrected chi connectivity index (χ3v) is 6.46. The molecule has 3 fully saturated rings. The van der Waals surface area contributed by atoms with Crippen molar-refractivity contribution >= 4 is 23.3 Å². The van der Waals surface area contributed by atoms with E-state index >= 15 is 0 Å². The zero-order valence-corrected chi connectivity index (χ0v) is 15.7. The Morgan fingerprint density at radius 1 is 1.12 bits per heavy atom. The van der Waals surface area contributed by atoms with Gasteiger partial charge in [-0.1, -0.05) is 18.0 Å². The van der Waals surface area contributed by atoms with E-state index < -0.39 is 0 Å². The Bertz CT molecular complexity index is 654. The van der Waals surface area contributed by atoms with E-state index in [0.29, 0.717) is 35.4 Å². The summed E-state index contributed by atoms with van der Waals surface area (Å²) in [6.45, 7) is 1.47. The largest absolute Gasteiger partial charge is 0.495 e. The lowest BCUT2D eigenvalue weighted by Crippen LogP contribution is -2.56. The van der Waals surface area contributed by atoms with Gasteiger partial charge in [-0.15, -0.1) is 0 Å². The van der Waals surface area contributed by atoms with E-state index in [0.717, 1.165) is 25.1 Å². The molecular weight excluding hydrogens is 338 g/mol. The van der Waals surface area contributed by atoms with E-state index in [9.17, 15) is 4.79 Å². The zero-order valence-electron chi connectivity index (χ0n) is 14.9. The van der Waals surface area contributed by atoms with Crippen LogP contribution in [0, 0.1) is 0 Å². The van der Waals surface area contributed by atoms with Crippen molar-refractivity contribution in [2.75, 3.05) is 32.1 Å². The average molecular weight is 364 g/mol. The van der Waals surface area contributed by atoms with Gasteiger partial charge in [0.2, 0.25) is 0 Å². The highest BCUT2D eigenvalue weighted by atomic mass is 35.5. The number of ether oxygens (including phenoxy) is 1. The van der Waals surface area contributed by atoms with Gasteiger partial charge >= 0.3 is 6.03 Å². The van der Waals surface area contributed by atoms with Crippen LogP contribution in [-0.2, 0) is 0 Å². The number of urea groups is 1. The van der Waals surface area contributed by atoms with Crippen molar-refractivity contribution < 1.29 is 9.53 Å². The van der Waals surface area contributed by atoms with Crippen LogP contribution in [-0.4, -0.2) is 61.2 Å². The summed E-state index contributed by atoms with van der Waals surface area (Å²) in [5, 5.41) is 0.621. The molecule has 4 rings (SSSR count). The van der Waals surface area contributed by atoms with E-state index in [2.05, 4.69) is 16.8 Å². The van der Waals surface area contributed by atoms with Gasteiger partial charge in [0, 0.05) is 36.2 Å².